The molecule has 0 aliphatic rings. The molecule has 5 nitrogen and oxygen atoms in total. The lowest BCUT2D eigenvalue weighted by Gasteiger charge is -2.12. The molecule has 0 amide bonds. The van der Waals surface area contributed by atoms with Crippen molar-refractivity contribution in [3.63, 3.8) is 0 Å². The van der Waals surface area contributed by atoms with Gasteiger partial charge in [-0.2, -0.15) is 0 Å². The Hall–Kier alpha value is -4.51. The van der Waals surface area contributed by atoms with Gasteiger partial charge in [0.25, 0.3) is 0 Å². The number of benzene rings is 4. The first-order chi connectivity index (χ1) is 17.7. The van der Waals surface area contributed by atoms with E-state index in [1.54, 1.807) is 31.4 Å². The monoisotopic (exact) mass is 480 g/mol. The Labute approximate surface area is 211 Å². The molecule has 0 heterocycles. The highest BCUT2D eigenvalue weighted by Gasteiger charge is 2.12. The van der Waals surface area contributed by atoms with Gasteiger partial charge in [-0.05, 0) is 47.0 Å². The maximum absolute atomic E-state index is 12.9. The number of methoxy groups -OCH3 is 2. The van der Waals surface area contributed by atoms with Crippen LogP contribution in [0.15, 0.2) is 103 Å². The fraction of sp³-hybridized carbons (Fsp3) is 0.129. The minimum absolute atomic E-state index is 0.177. The van der Waals surface area contributed by atoms with Crippen LogP contribution in [0.25, 0.3) is 6.08 Å². The lowest BCUT2D eigenvalue weighted by atomic mass is 10.1. The Morgan fingerprint density at radius 2 is 1.31 bits per heavy atom. The quantitative estimate of drug-likeness (QED) is 0.175. The first-order valence-electron chi connectivity index (χ1n) is 11.6. The zero-order chi connectivity index (χ0) is 25.2. The SMILES string of the molecule is COc1ccc(C=CC(=O)c2ccc(OCc3ccccc3)cc2OC)cc1OCc1ccccc1. The second-order valence-electron chi connectivity index (χ2n) is 8.02. The molecule has 0 atom stereocenters. The van der Waals surface area contributed by atoms with Gasteiger partial charge < -0.3 is 18.9 Å². The Morgan fingerprint density at radius 3 is 1.94 bits per heavy atom. The summed E-state index contributed by atoms with van der Waals surface area (Å²) >= 11 is 0. The summed E-state index contributed by atoms with van der Waals surface area (Å²) in [5.74, 6) is 2.14. The van der Waals surface area contributed by atoms with Gasteiger partial charge in [0.05, 0.1) is 19.8 Å². The Balaban J connectivity index is 1.45. The van der Waals surface area contributed by atoms with E-state index in [9.17, 15) is 4.79 Å². The van der Waals surface area contributed by atoms with Crippen molar-refractivity contribution in [3.05, 3.63) is 125 Å². The zero-order valence-electron chi connectivity index (χ0n) is 20.3. The van der Waals surface area contributed by atoms with E-state index >= 15 is 0 Å². The van der Waals surface area contributed by atoms with Crippen molar-refractivity contribution in [2.75, 3.05) is 14.2 Å². The van der Waals surface area contributed by atoms with Crippen molar-refractivity contribution in [3.8, 4) is 23.0 Å². The van der Waals surface area contributed by atoms with Crippen LogP contribution in [0.1, 0.15) is 27.0 Å². The van der Waals surface area contributed by atoms with Crippen LogP contribution in [0.3, 0.4) is 0 Å². The van der Waals surface area contributed by atoms with Gasteiger partial charge in [-0.25, -0.2) is 0 Å². The largest absolute Gasteiger partial charge is 0.496 e. The highest BCUT2D eigenvalue weighted by molar-refractivity contribution is 6.08. The van der Waals surface area contributed by atoms with Crippen LogP contribution >= 0.6 is 0 Å². The second-order valence-corrected chi connectivity index (χ2v) is 8.02. The average molecular weight is 481 g/mol. The normalized spacial score (nSPS) is 10.7. The van der Waals surface area contributed by atoms with E-state index in [1.807, 2.05) is 78.9 Å². The minimum atomic E-state index is -0.177. The number of carbonyl (C=O) groups is 1. The molecule has 4 aromatic carbocycles. The number of carbonyl (C=O) groups excluding carboxylic acids is 1. The molecule has 5 heteroatoms. The summed E-state index contributed by atoms with van der Waals surface area (Å²) in [6, 6.07) is 30.6. The molecule has 0 aliphatic heterocycles. The molecule has 0 spiro atoms. The van der Waals surface area contributed by atoms with Crippen LogP contribution in [0.2, 0.25) is 0 Å². The van der Waals surface area contributed by atoms with Crippen molar-refractivity contribution < 1.29 is 23.7 Å². The summed E-state index contributed by atoms with van der Waals surface area (Å²) in [5, 5.41) is 0. The maximum atomic E-state index is 12.9. The smallest absolute Gasteiger partial charge is 0.189 e. The van der Waals surface area contributed by atoms with E-state index in [2.05, 4.69) is 0 Å². The molecule has 0 radical (unpaired) electrons. The Bertz CT molecular complexity index is 1310. The predicted molar refractivity (Wildman–Crippen MR) is 141 cm³/mol. The highest BCUT2D eigenvalue weighted by atomic mass is 16.5. The van der Waals surface area contributed by atoms with Crippen LogP contribution in [-0.4, -0.2) is 20.0 Å². The number of allylic oxidation sites excluding steroid dienone is 1. The summed E-state index contributed by atoms with van der Waals surface area (Å²) in [7, 11) is 3.14. The first-order valence-corrected chi connectivity index (χ1v) is 11.6. The van der Waals surface area contributed by atoms with E-state index in [-0.39, 0.29) is 5.78 Å². The van der Waals surface area contributed by atoms with Crippen LogP contribution in [-0.2, 0) is 13.2 Å². The molecular weight excluding hydrogens is 452 g/mol. The molecule has 36 heavy (non-hydrogen) atoms. The van der Waals surface area contributed by atoms with Gasteiger partial charge in [-0.15, -0.1) is 0 Å². The Kier molecular flexibility index (Phi) is 8.39. The van der Waals surface area contributed by atoms with Crippen molar-refractivity contribution in [1.82, 2.24) is 0 Å². The van der Waals surface area contributed by atoms with Crippen molar-refractivity contribution >= 4 is 11.9 Å². The lowest BCUT2D eigenvalue weighted by Crippen LogP contribution is -2.01. The summed E-state index contributed by atoms with van der Waals surface area (Å²) in [6.07, 6.45) is 3.27. The van der Waals surface area contributed by atoms with Gasteiger partial charge in [0.15, 0.2) is 17.3 Å². The van der Waals surface area contributed by atoms with E-state index < -0.39 is 0 Å². The number of rotatable bonds is 11. The van der Waals surface area contributed by atoms with Gasteiger partial charge in [-0.3, -0.25) is 4.79 Å². The van der Waals surface area contributed by atoms with Crippen molar-refractivity contribution in [2.24, 2.45) is 0 Å². The minimum Gasteiger partial charge on any atom is -0.496 e. The molecule has 4 rings (SSSR count). The topological polar surface area (TPSA) is 54.0 Å². The van der Waals surface area contributed by atoms with Gasteiger partial charge in [-0.1, -0.05) is 72.8 Å². The number of hydrogen-bond acceptors (Lipinski definition) is 5. The van der Waals surface area contributed by atoms with E-state index in [0.717, 1.165) is 16.7 Å². The lowest BCUT2D eigenvalue weighted by molar-refractivity contribution is 0.104. The molecule has 0 aromatic heterocycles. The summed E-state index contributed by atoms with van der Waals surface area (Å²) in [5.41, 5.74) is 3.38. The molecule has 0 aliphatic carbocycles. The first kappa shape index (κ1) is 24.6. The molecule has 0 bridgehead atoms. The van der Waals surface area contributed by atoms with Gasteiger partial charge in [0.2, 0.25) is 0 Å². The molecule has 0 saturated carbocycles. The van der Waals surface area contributed by atoms with Gasteiger partial charge in [0.1, 0.15) is 24.7 Å². The predicted octanol–water partition coefficient (Wildman–Crippen LogP) is 6.76. The molecule has 0 fully saturated rings. The molecule has 4 aromatic rings. The van der Waals surface area contributed by atoms with Crippen LogP contribution < -0.4 is 18.9 Å². The zero-order valence-corrected chi connectivity index (χ0v) is 20.3. The van der Waals surface area contributed by atoms with Crippen LogP contribution in [0, 0.1) is 0 Å². The molecule has 182 valence electrons. The van der Waals surface area contributed by atoms with Crippen LogP contribution in [0.5, 0.6) is 23.0 Å². The van der Waals surface area contributed by atoms with E-state index in [1.165, 1.54) is 13.2 Å². The molecule has 0 unspecified atom stereocenters. The van der Waals surface area contributed by atoms with Gasteiger partial charge in [0, 0.05) is 6.07 Å². The Morgan fingerprint density at radius 1 is 0.667 bits per heavy atom. The third-order valence-corrected chi connectivity index (χ3v) is 5.54. The fourth-order valence-corrected chi connectivity index (χ4v) is 3.61. The molecular formula is C31H28O5. The summed E-state index contributed by atoms with van der Waals surface area (Å²) in [6.45, 7) is 0.850. The maximum Gasteiger partial charge on any atom is 0.189 e. The third kappa shape index (κ3) is 6.54. The summed E-state index contributed by atoms with van der Waals surface area (Å²) < 4.78 is 22.7. The standard InChI is InChI=1S/C31H28O5/c1-33-29-18-14-23(19-31(29)36-22-25-11-7-4-8-12-25)13-17-28(32)27-16-15-26(20-30(27)34-2)35-21-24-9-5-3-6-10-24/h3-20H,21-22H2,1-2H3. The molecule has 0 saturated heterocycles. The molecule has 0 N–H and O–H groups in total. The number of ether oxygens (including phenoxy) is 4. The van der Waals surface area contributed by atoms with Crippen molar-refractivity contribution in [2.45, 2.75) is 13.2 Å². The number of hydrogen-bond donors (Lipinski definition) is 0. The summed E-state index contributed by atoms with van der Waals surface area (Å²) in [4.78, 5) is 12.9. The van der Waals surface area contributed by atoms with Gasteiger partial charge >= 0.3 is 0 Å². The third-order valence-electron chi connectivity index (χ3n) is 5.54. The fourth-order valence-electron chi connectivity index (χ4n) is 3.61. The van der Waals surface area contributed by atoms with Crippen molar-refractivity contribution in [1.29, 1.82) is 0 Å². The second kappa shape index (κ2) is 12.3. The van der Waals surface area contributed by atoms with E-state index in [0.29, 0.717) is 41.8 Å². The van der Waals surface area contributed by atoms with Crippen LogP contribution in [0.4, 0.5) is 0 Å². The average Bonchev–Trinajstić information content (AvgIpc) is 2.94. The van der Waals surface area contributed by atoms with E-state index in [4.69, 9.17) is 18.9 Å². The highest BCUT2D eigenvalue weighted by Crippen LogP contribution is 2.30. The number of ketones is 1.